The molecule has 2 saturated heterocycles. The minimum Gasteiger partial charge on any atom is -0.312 e. The molecule has 4 aliphatic rings. The number of amidine groups is 1. The van der Waals surface area contributed by atoms with Crippen molar-refractivity contribution in [1.29, 1.82) is 0 Å². The molecule has 1 spiro atoms. The number of aryl methyl sites for hydroxylation is 2. The van der Waals surface area contributed by atoms with Crippen LogP contribution >= 0.6 is 0 Å². The Balaban J connectivity index is 1.15. The lowest BCUT2D eigenvalue weighted by Crippen LogP contribution is -2.51. The predicted molar refractivity (Wildman–Crippen MR) is 155 cm³/mol. The van der Waals surface area contributed by atoms with E-state index in [-0.39, 0.29) is 61.8 Å². The van der Waals surface area contributed by atoms with Crippen LogP contribution in [0.2, 0.25) is 0 Å². The van der Waals surface area contributed by atoms with Crippen LogP contribution in [0.15, 0.2) is 17.1 Å². The zero-order chi connectivity index (χ0) is 31.0. The molecule has 5 rings (SSSR count). The number of sulfonamides is 1. The number of hydrogen-bond acceptors (Lipinski definition) is 6. The summed E-state index contributed by atoms with van der Waals surface area (Å²) in [6.45, 7) is 5.22. The standard InChI is InChI=1S/C30H41F3N4O5S/c1-20-18-24(27(38)37-13-3-16-42-37)19-21(2)25(20)9-17-43(40,41)36-14-11-29(12-15-36)28(39)34-26(35-29)23-6-4-22(5-7-23)8-10-30(31,32)33/h18-19,22-23H,3-17H2,1-2H3,(H,34,35,39). The molecule has 43 heavy (non-hydrogen) atoms. The lowest BCUT2D eigenvalue weighted by molar-refractivity contribution is -0.138. The Morgan fingerprint density at radius 3 is 2.33 bits per heavy atom. The van der Waals surface area contributed by atoms with Gasteiger partial charge in [-0.25, -0.2) is 17.8 Å². The molecule has 1 aliphatic carbocycles. The van der Waals surface area contributed by atoms with Crippen molar-refractivity contribution in [2.24, 2.45) is 16.8 Å². The Labute approximate surface area is 251 Å². The van der Waals surface area contributed by atoms with Gasteiger partial charge in [-0.2, -0.15) is 13.2 Å². The molecule has 0 bridgehead atoms. The minimum atomic E-state index is -4.14. The normalized spacial score (nSPS) is 24.8. The third kappa shape index (κ3) is 7.25. The first-order valence-corrected chi connectivity index (χ1v) is 16.9. The van der Waals surface area contributed by atoms with Crippen molar-refractivity contribution in [3.8, 4) is 0 Å². The van der Waals surface area contributed by atoms with Crippen LogP contribution in [0.25, 0.3) is 0 Å². The molecule has 0 atom stereocenters. The van der Waals surface area contributed by atoms with Gasteiger partial charge >= 0.3 is 6.18 Å². The average Bonchev–Trinajstić information content (AvgIpc) is 3.60. The number of rotatable bonds is 8. The number of hydrogen-bond donors (Lipinski definition) is 1. The SMILES string of the molecule is Cc1cc(C(=O)N2CCCO2)cc(C)c1CCS(=O)(=O)N1CCC2(CC1)N=C(C1CCC(CCC(F)(F)F)CC1)NC2=O. The lowest BCUT2D eigenvalue weighted by atomic mass is 9.79. The summed E-state index contributed by atoms with van der Waals surface area (Å²) in [5, 5.41) is 4.29. The van der Waals surface area contributed by atoms with Gasteiger partial charge < -0.3 is 5.32 Å². The first-order valence-electron chi connectivity index (χ1n) is 15.3. The number of nitrogens with zero attached hydrogens (tertiary/aromatic N) is 3. The summed E-state index contributed by atoms with van der Waals surface area (Å²) in [4.78, 5) is 35.9. The number of nitrogens with one attached hydrogen (secondary N) is 1. The van der Waals surface area contributed by atoms with E-state index in [1.165, 1.54) is 9.37 Å². The number of alkyl halides is 3. The molecule has 2 amide bonds. The summed E-state index contributed by atoms with van der Waals surface area (Å²) in [6, 6.07) is 3.57. The maximum atomic E-state index is 13.3. The number of carbonyl (C=O) groups is 2. The summed E-state index contributed by atoms with van der Waals surface area (Å²) in [5.41, 5.74) is 2.15. The highest BCUT2D eigenvalue weighted by Gasteiger charge is 2.48. The van der Waals surface area contributed by atoms with E-state index in [2.05, 4.69) is 5.32 Å². The smallest absolute Gasteiger partial charge is 0.312 e. The number of aliphatic imine (C=N–C) groups is 1. The van der Waals surface area contributed by atoms with Crippen LogP contribution < -0.4 is 5.32 Å². The van der Waals surface area contributed by atoms with Crippen LogP contribution in [0.1, 0.15) is 84.8 Å². The van der Waals surface area contributed by atoms with Gasteiger partial charge in [-0.05, 0) is 106 Å². The molecule has 1 saturated carbocycles. The zero-order valence-corrected chi connectivity index (χ0v) is 25.7. The maximum absolute atomic E-state index is 13.3. The van der Waals surface area contributed by atoms with Crippen molar-refractivity contribution in [3.63, 3.8) is 0 Å². The minimum absolute atomic E-state index is 0.0169. The van der Waals surface area contributed by atoms with Crippen LogP contribution in [-0.4, -0.2) is 79.1 Å². The second-order valence-electron chi connectivity index (χ2n) is 12.5. The summed E-state index contributed by atoms with van der Waals surface area (Å²) in [5.74, 6) is 0.181. The largest absolute Gasteiger partial charge is 0.389 e. The molecule has 9 nitrogen and oxygen atoms in total. The number of benzene rings is 1. The van der Waals surface area contributed by atoms with Crippen molar-refractivity contribution in [2.75, 3.05) is 32.0 Å². The topological polar surface area (TPSA) is 108 Å². The van der Waals surface area contributed by atoms with Crippen LogP contribution in [0, 0.1) is 25.7 Å². The molecule has 1 aromatic carbocycles. The first kappa shape index (κ1) is 31.9. The van der Waals surface area contributed by atoms with Gasteiger partial charge in [0.2, 0.25) is 10.0 Å². The van der Waals surface area contributed by atoms with Crippen molar-refractivity contribution in [2.45, 2.75) is 89.8 Å². The summed E-state index contributed by atoms with van der Waals surface area (Å²) < 4.78 is 65.8. The fourth-order valence-corrected chi connectivity index (χ4v) is 8.38. The summed E-state index contributed by atoms with van der Waals surface area (Å²) >= 11 is 0. The van der Waals surface area contributed by atoms with Crippen LogP contribution in [0.5, 0.6) is 0 Å². The monoisotopic (exact) mass is 626 g/mol. The third-order valence-electron chi connectivity index (χ3n) is 9.54. The van der Waals surface area contributed by atoms with Gasteiger partial charge in [0.25, 0.3) is 11.8 Å². The molecule has 0 unspecified atom stereocenters. The highest BCUT2D eigenvalue weighted by Crippen LogP contribution is 2.38. The van der Waals surface area contributed by atoms with E-state index in [0.717, 1.165) is 23.1 Å². The Hall–Kier alpha value is -2.51. The number of piperidine rings is 1. The van der Waals surface area contributed by atoms with Crippen molar-refractivity contribution in [3.05, 3.63) is 34.4 Å². The van der Waals surface area contributed by atoms with Gasteiger partial charge in [0.05, 0.1) is 18.9 Å². The molecule has 238 valence electrons. The quantitative estimate of drug-likeness (QED) is 0.459. The fourth-order valence-electron chi connectivity index (χ4n) is 6.92. The van der Waals surface area contributed by atoms with E-state index < -0.39 is 28.2 Å². The summed E-state index contributed by atoms with van der Waals surface area (Å²) in [6.07, 6.45) is -0.325. The van der Waals surface area contributed by atoms with E-state index in [1.807, 2.05) is 13.8 Å². The fraction of sp³-hybridized carbons (Fsp3) is 0.700. The lowest BCUT2D eigenvalue weighted by Gasteiger charge is -2.34. The molecule has 13 heteroatoms. The Kier molecular flexibility index (Phi) is 9.25. The van der Waals surface area contributed by atoms with E-state index in [0.29, 0.717) is 56.7 Å². The Bertz CT molecular complexity index is 1330. The van der Waals surface area contributed by atoms with Gasteiger partial charge in [-0.15, -0.1) is 0 Å². The number of hydroxylamine groups is 2. The highest BCUT2D eigenvalue weighted by atomic mass is 32.2. The molecule has 0 radical (unpaired) electrons. The third-order valence-corrected chi connectivity index (χ3v) is 11.4. The van der Waals surface area contributed by atoms with E-state index in [1.54, 1.807) is 12.1 Å². The van der Waals surface area contributed by atoms with Crippen LogP contribution in [-0.2, 0) is 26.1 Å². The molecule has 3 heterocycles. The number of amides is 2. The van der Waals surface area contributed by atoms with E-state index in [4.69, 9.17) is 9.83 Å². The van der Waals surface area contributed by atoms with Gasteiger partial charge in [0, 0.05) is 31.0 Å². The second kappa shape index (κ2) is 12.5. The average molecular weight is 627 g/mol. The van der Waals surface area contributed by atoms with Gasteiger partial charge in [-0.3, -0.25) is 19.4 Å². The zero-order valence-electron chi connectivity index (χ0n) is 24.8. The molecular formula is C30H41F3N4O5S. The van der Waals surface area contributed by atoms with Gasteiger partial charge in [-0.1, -0.05) is 0 Å². The van der Waals surface area contributed by atoms with Crippen LogP contribution in [0.3, 0.4) is 0 Å². The Morgan fingerprint density at radius 2 is 1.74 bits per heavy atom. The van der Waals surface area contributed by atoms with Crippen molar-refractivity contribution >= 4 is 27.7 Å². The number of halogens is 3. The molecule has 0 aromatic heterocycles. The summed E-state index contributed by atoms with van der Waals surface area (Å²) in [7, 11) is -3.60. The van der Waals surface area contributed by atoms with Crippen LogP contribution in [0.4, 0.5) is 13.2 Å². The van der Waals surface area contributed by atoms with Crippen molar-refractivity contribution < 1.29 is 36.0 Å². The first-order chi connectivity index (χ1) is 20.3. The molecule has 1 N–H and O–H groups in total. The molecule has 3 fully saturated rings. The Morgan fingerprint density at radius 1 is 1.09 bits per heavy atom. The van der Waals surface area contributed by atoms with Gasteiger partial charge in [0.15, 0.2) is 0 Å². The van der Waals surface area contributed by atoms with E-state index in [9.17, 15) is 31.2 Å². The predicted octanol–water partition coefficient (Wildman–Crippen LogP) is 4.47. The van der Waals surface area contributed by atoms with Crippen molar-refractivity contribution in [1.82, 2.24) is 14.7 Å². The molecular weight excluding hydrogens is 585 g/mol. The van der Waals surface area contributed by atoms with Gasteiger partial charge in [0.1, 0.15) is 11.4 Å². The maximum Gasteiger partial charge on any atom is 0.389 e. The number of carbonyl (C=O) groups excluding carboxylic acids is 2. The highest BCUT2D eigenvalue weighted by molar-refractivity contribution is 7.89. The molecule has 3 aliphatic heterocycles. The molecule has 1 aromatic rings. The second-order valence-corrected chi connectivity index (χ2v) is 14.6. The van der Waals surface area contributed by atoms with E-state index >= 15 is 0 Å².